The van der Waals surface area contributed by atoms with Crippen LogP contribution in [0, 0.1) is 0 Å². The molecule has 0 aliphatic heterocycles. The maximum absolute atomic E-state index is 5.60. The summed E-state index contributed by atoms with van der Waals surface area (Å²) >= 11 is 0. The van der Waals surface area contributed by atoms with Crippen LogP contribution in [0.15, 0.2) is 12.4 Å². The van der Waals surface area contributed by atoms with Gasteiger partial charge >= 0.3 is 0 Å². The summed E-state index contributed by atoms with van der Waals surface area (Å²) in [5.41, 5.74) is 6.45. The number of hydrogen-bond donors (Lipinski definition) is 1. The van der Waals surface area contributed by atoms with E-state index in [1.165, 1.54) is 19.3 Å². The standard InChI is InChI=1S/C13H24N4/c1-4-5-6-7-17(11(2)3)13-10-15-9-12(8-14)16-13/h9-11H,4-8,14H2,1-3H3. The molecule has 0 radical (unpaired) electrons. The second-order valence-electron chi connectivity index (χ2n) is 4.57. The average Bonchev–Trinajstić information content (AvgIpc) is 2.34. The Morgan fingerprint density at radius 3 is 2.65 bits per heavy atom. The summed E-state index contributed by atoms with van der Waals surface area (Å²) in [7, 11) is 0. The van der Waals surface area contributed by atoms with Crippen molar-refractivity contribution in [3.63, 3.8) is 0 Å². The van der Waals surface area contributed by atoms with Gasteiger partial charge in [-0.2, -0.15) is 0 Å². The highest BCUT2D eigenvalue weighted by atomic mass is 15.2. The number of aromatic nitrogens is 2. The van der Waals surface area contributed by atoms with Crippen molar-refractivity contribution in [1.82, 2.24) is 9.97 Å². The van der Waals surface area contributed by atoms with E-state index in [2.05, 4.69) is 35.6 Å². The van der Waals surface area contributed by atoms with E-state index in [-0.39, 0.29) is 0 Å². The van der Waals surface area contributed by atoms with Gasteiger partial charge in [0, 0.05) is 25.3 Å². The van der Waals surface area contributed by atoms with Crippen molar-refractivity contribution in [2.45, 2.75) is 52.6 Å². The first-order chi connectivity index (χ1) is 8.19. The molecule has 0 atom stereocenters. The third kappa shape index (κ3) is 4.30. The molecular weight excluding hydrogens is 212 g/mol. The molecular formula is C13H24N4. The van der Waals surface area contributed by atoms with Gasteiger partial charge in [0.25, 0.3) is 0 Å². The van der Waals surface area contributed by atoms with E-state index in [0.29, 0.717) is 12.6 Å². The van der Waals surface area contributed by atoms with Crippen LogP contribution in [0.2, 0.25) is 0 Å². The minimum absolute atomic E-state index is 0.439. The Bertz CT molecular complexity index is 325. The van der Waals surface area contributed by atoms with Crippen molar-refractivity contribution in [1.29, 1.82) is 0 Å². The fourth-order valence-electron chi connectivity index (χ4n) is 1.80. The Balaban J connectivity index is 2.74. The van der Waals surface area contributed by atoms with Gasteiger partial charge in [-0.1, -0.05) is 19.8 Å². The lowest BCUT2D eigenvalue weighted by Gasteiger charge is -2.27. The van der Waals surface area contributed by atoms with Crippen LogP contribution in [0.1, 0.15) is 45.7 Å². The number of hydrogen-bond acceptors (Lipinski definition) is 4. The van der Waals surface area contributed by atoms with E-state index in [1.807, 2.05) is 6.20 Å². The smallest absolute Gasteiger partial charge is 0.147 e. The van der Waals surface area contributed by atoms with Crippen LogP contribution in [0.5, 0.6) is 0 Å². The zero-order valence-corrected chi connectivity index (χ0v) is 11.2. The first-order valence-corrected chi connectivity index (χ1v) is 6.46. The number of anilines is 1. The van der Waals surface area contributed by atoms with Gasteiger partial charge < -0.3 is 10.6 Å². The number of nitrogens with zero attached hydrogens (tertiary/aromatic N) is 3. The lowest BCUT2D eigenvalue weighted by molar-refractivity contribution is 0.617. The first-order valence-electron chi connectivity index (χ1n) is 6.46. The Morgan fingerprint density at radius 1 is 1.29 bits per heavy atom. The van der Waals surface area contributed by atoms with Crippen LogP contribution in [0.3, 0.4) is 0 Å². The molecule has 1 aromatic rings. The summed E-state index contributed by atoms with van der Waals surface area (Å²) in [4.78, 5) is 11.0. The molecule has 0 spiro atoms. The molecule has 0 fully saturated rings. The number of rotatable bonds is 7. The maximum atomic E-state index is 5.60. The Hall–Kier alpha value is -1.16. The van der Waals surface area contributed by atoms with Gasteiger partial charge in [-0.25, -0.2) is 4.98 Å². The van der Waals surface area contributed by atoms with E-state index in [1.54, 1.807) is 6.20 Å². The molecule has 0 aromatic carbocycles. The molecule has 0 aliphatic rings. The van der Waals surface area contributed by atoms with E-state index in [9.17, 15) is 0 Å². The van der Waals surface area contributed by atoms with Crippen LogP contribution >= 0.6 is 0 Å². The normalized spacial score (nSPS) is 10.9. The molecule has 1 heterocycles. The van der Waals surface area contributed by atoms with Crippen LogP contribution < -0.4 is 10.6 Å². The molecule has 96 valence electrons. The molecule has 1 rings (SSSR count). The minimum Gasteiger partial charge on any atom is -0.353 e. The first kappa shape index (κ1) is 13.9. The van der Waals surface area contributed by atoms with Gasteiger partial charge in [0.1, 0.15) is 5.82 Å². The summed E-state index contributed by atoms with van der Waals surface area (Å²) in [6, 6.07) is 0.439. The predicted octanol–water partition coefficient (Wildman–Crippen LogP) is 2.34. The summed E-state index contributed by atoms with van der Waals surface area (Å²) in [5.74, 6) is 0.944. The summed E-state index contributed by atoms with van der Waals surface area (Å²) < 4.78 is 0. The second kappa shape index (κ2) is 7.22. The fourth-order valence-corrected chi connectivity index (χ4v) is 1.80. The molecule has 4 heteroatoms. The molecule has 0 saturated carbocycles. The number of nitrogens with two attached hydrogens (primary N) is 1. The number of unbranched alkanes of at least 4 members (excludes halogenated alkanes) is 2. The van der Waals surface area contributed by atoms with Crippen molar-refractivity contribution in [3.05, 3.63) is 18.1 Å². The highest BCUT2D eigenvalue weighted by Gasteiger charge is 2.12. The molecule has 0 aliphatic carbocycles. The van der Waals surface area contributed by atoms with E-state index < -0.39 is 0 Å². The van der Waals surface area contributed by atoms with Crippen LogP contribution in [-0.2, 0) is 6.54 Å². The molecule has 0 amide bonds. The van der Waals surface area contributed by atoms with E-state index in [0.717, 1.165) is 18.1 Å². The predicted molar refractivity (Wildman–Crippen MR) is 71.9 cm³/mol. The van der Waals surface area contributed by atoms with Crippen molar-refractivity contribution >= 4 is 5.82 Å². The minimum atomic E-state index is 0.439. The Labute approximate surface area is 104 Å². The van der Waals surface area contributed by atoms with Gasteiger partial charge in [-0.05, 0) is 20.3 Å². The van der Waals surface area contributed by atoms with E-state index in [4.69, 9.17) is 5.73 Å². The molecule has 0 bridgehead atoms. The van der Waals surface area contributed by atoms with Crippen molar-refractivity contribution in [2.24, 2.45) is 5.73 Å². The molecule has 1 aromatic heterocycles. The lowest BCUT2D eigenvalue weighted by atomic mass is 10.2. The van der Waals surface area contributed by atoms with Crippen LogP contribution in [0.25, 0.3) is 0 Å². The van der Waals surface area contributed by atoms with Gasteiger partial charge in [-0.15, -0.1) is 0 Å². The monoisotopic (exact) mass is 236 g/mol. The topological polar surface area (TPSA) is 55.0 Å². The summed E-state index contributed by atoms with van der Waals surface area (Å²) in [6.07, 6.45) is 7.25. The highest BCUT2D eigenvalue weighted by molar-refractivity contribution is 5.37. The van der Waals surface area contributed by atoms with Crippen LogP contribution in [0.4, 0.5) is 5.82 Å². The Kier molecular flexibility index (Phi) is 5.91. The Morgan fingerprint density at radius 2 is 2.06 bits per heavy atom. The largest absolute Gasteiger partial charge is 0.353 e. The van der Waals surface area contributed by atoms with Crippen molar-refractivity contribution < 1.29 is 0 Å². The maximum Gasteiger partial charge on any atom is 0.147 e. The second-order valence-corrected chi connectivity index (χ2v) is 4.57. The zero-order chi connectivity index (χ0) is 12.7. The molecule has 2 N–H and O–H groups in total. The zero-order valence-electron chi connectivity index (χ0n) is 11.2. The van der Waals surface area contributed by atoms with Crippen molar-refractivity contribution in [3.8, 4) is 0 Å². The summed E-state index contributed by atoms with van der Waals surface area (Å²) in [5, 5.41) is 0. The van der Waals surface area contributed by atoms with Crippen molar-refractivity contribution in [2.75, 3.05) is 11.4 Å². The lowest BCUT2D eigenvalue weighted by Crippen LogP contribution is -2.32. The van der Waals surface area contributed by atoms with Gasteiger partial charge in [0.15, 0.2) is 0 Å². The third-order valence-electron chi connectivity index (χ3n) is 2.80. The molecule has 0 unspecified atom stereocenters. The molecule has 17 heavy (non-hydrogen) atoms. The summed E-state index contributed by atoms with van der Waals surface area (Å²) in [6.45, 7) is 8.07. The van der Waals surface area contributed by atoms with Crippen LogP contribution in [-0.4, -0.2) is 22.6 Å². The highest BCUT2D eigenvalue weighted by Crippen LogP contribution is 2.14. The molecule has 0 saturated heterocycles. The average molecular weight is 236 g/mol. The van der Waals surface area contributed by atoms with E-state index >= 15 is 0 Å². The fraction of sp³-hybridized carbons (Fsp3) is 0.692. The van der Waals surface area contributed by atoms with Gasteiger partial charge in [-0.3, -0.25) is 4.98 Å². The molecule has 4 nitrogen and oxygen atoms in total. The van der Waals surface area contributed by atoms with Gasteiger partial charge in [0.2, 0.25) is 0 Å². The third-order valence-corrected chi connectivity index (χ3v) is 2.80. The quantitative estimate of drug-likeness (QED) is 0.738. The van der Waals surface area contributed by atoms with Gasteiger partial charge in [0.05, 0.1) is 11.9 Å². The SMILES string of the molecule is CCCCCN(c1cncc(CN)n1)C(C)C.